The topological polar surface area (TPSA) is 68.3 Å². The Bertz CT molecular complexity index is 943. The maximum Gasteiger partial charge on any atom is 0.250 e. The molecule has 5 nitrogen and oxygen atoms in total. The molecule has 1 aromatic carbocycles. The van der Waals surface area contributed by atoms with Crippen LogP contribution in [0.5, 0.6) is 5.75 Å². The molecule has 0 fully saturated rings. The fourth-order valence-electron chi connectivity index (χ4n) is 2.08. The molecule has 1 N–H and O–H groups in total. The Morgan fingerprint density at radius 2 is 2.00 bits per heavy atom. The Kier molecular flexibility index (Phi) is 5.70. The van der Waals surface area contributed by atoms with Crippen LogP contribution in [0.4, 0.5) is 0 Å². The molecule has 0 bridgehead atoms. The summed E-state index contributed by atoms with van der Waals surface area (Å²) in [6.45, 7) is 0.516. The molecule has 0 unspecified atom stereocenters. The van der Waals surface area contributed by atoms with Gasteiger partial charge in [-0.05, 0) is 42.0 Å². The molecule has 0 spiro atoms. The van der Waals surface area contributed by atoms with E-state index < -0.39 is 10.0 Å². The monoisotopic (exact) mass is 394 g/mol. The predicted molar refractivity (Wildman–Crippen MR) is 98.4 cm³/mol. The summed E-state index contributed by atoms with van der Waals surface area (Å²) in [6, 6.07) is 15.9. The van der Waals surface area contributed by atoms with Crippen molar-refractivity contribution in [2.24, 2.45) is 0 Å². The van der Waals surface area contributed by atoms with E-state index in [1.165, 1.54) is 6.07 Å². The van der Waals surface area contributed by atoms with E-state index in [9.17, 15) is 8.42 Å². The zero-order chi connectivity index (χ0) is 17.7. The van der Waals surface area contributed by atoms with Gasteiger partial charge in [0.05, 0.1) is 10.0 Å². The molecule has 0 amide bonds. The number of hydrogen-bond acceptors (Lipinski definition) is 5. The number of nitrogens with zero attached hydrogens (tertiary/aromatic N) is 1. The van der Waals surface area contributed by atoms with Crippen molar-refractivity contribution >= 4 is 33.0 Å². The van der Waals surface area contributed by atoms with Crippen molar-refractivity contribution in [1.82, 2.24) is 9.71 Å². The average molecular weight is 395 g/mol. The van der Waals surface area contributed by atoms with Crippen molar-refractivity contribution < 1.29 is 13.2 Å². The number of rotatable bonds is 7. The zero-order valence-electron chi connectivity index (χ0n) is 13.1. The van der Waals surface area contributed by atoms with Gasteiger partial charge in [0.25, 0.3) is 0 Å². The van der Waals surface area contributed by atoms with Crippen LogP contribution in [0, 0.1) is 0 Å². The molecule has 130 valence electrons. The second-order valence-electron chi connectivity index (χ2n) is 5.14. The fourth-order valence-corrected chi connectivity index (χ4v) is 4.62. The van der Waals surface area contributed by atoms with E-state index in [2.05, 4.69) is 9.71 Å². The van der Waals surface area contributed by atoms with Crippen LogP contribution in [0.1, 0.15) is 11.3 Å². The summed E-state index contributed by atoms with van der Waals surface area (Å²) in [4.78, 5) is 4.19. The molecule has 0 aliphatic carbocycles. The predicted octanol–water partition coefficient (Wildman–Crippen LogP) is 3.85. The van der Waals surface area contributed by atoms with E-state index in [0.29, 0.717) is 16.7 Å². The Morgan fingerprint density at radius 1 is 1.12 bits per heavy atom. The van der Waals surface area contributed by atoms with Gasteiger partial charge in [0.1, 0.15) is 16.6 Å². The molecule has 8 heteroatoms. The van der Waals surface area contributed by atoms with Gasteiger partial charge in [-0.25, -0.2) is 13.1 Å². The van der Waals surface area contributed by atoms with Gasteiger partial charge in [0, 0.05) is 12.7 Å². The fraction of sp³-hybridized carbons (Fsp3) is 0.118. The largest absolute Gasteiger partial charge is 0.487 e. The van der Waals surface area contributed by atoms with Gasteiger partial charge in [-0.1, -0.05) is 29.8 Å². The van der Waals surface area contributed by atoms with Gasteiger partial charge in [0.2, 0.25) is 10.0 Å². The molecule has 0 atom stereocenters. The highest BCUT2D eigenvalue weighted by Gasteiger charge is 2.16. The molecule has 0 saturated heterocycles. The van der Waals surface area contributed by atoms with Crippen LogP contribution in [0.3, 0.4) is 0 Å². The summed E-state index contributed by atoms with van der Waals surface area (Å²) in [5.41, 5.74) is 1.62. The molecule has 0 aliphatic rings. The normalized spacial score (nSPS) is 11.4. The SMILES string of the molecule is O=S(=O)(NCc1cccc(OCc2ccccn2)c1)c1ccc(Cl)s1. The van der Waals surface area contributed by atoms with E-state index in [1.54, 1.807) is 18.3 Å². The van der Waals surface area contributed by atoms with Gasteiger partial charge < -0.3 is 4.74 Å². The second kappa shape index (κ2) is 7.97. The minimum absolute atomic E-state index is 0.165. The Hall–Kier alpha value is -1.93. The molecule has 3 rings (SSSR count). The van der Waals surface area contributed by atoms with E-state index in [-0.39, 0.29) is 10.8 Å². The van der Waals surface area contributed by atoms with E-state index in [0.717, 1.165) is 22.6 Å². The van der Waals surface area contributed by atoms with Gasteiger partial charge in [0.15, 0.2) is 0 Å². The van der Waals surface area contributed by atoms with Crippen molar-refractivity contribution in [3.8, 4) is 5.75 Å². The molecule has 0 aliphatic heterocycles. The second-order valence-corrected chi connectivity index (χ2v) is 8.85. The third-order valence-corrected chi connectivity index (χ3v) is 6.42. The van der Waals surface area contributed by atoms with Crippen LogP contribution in [0.2, 0.25) is 4.34 Å². The maximum absolute atomic E-state index is 12.2. The summed E-state index contributed by atoms with van der Waals surface area (Å²) >= 11 is 6.82. The highest BCUT2D eigenvalue weighted by molar-refractivity contribution is 7.91. The standard InChI is InChI=1S/C17H15ClN2O3S2/c18-16-7-8-17(24-16)25(21,22)20-11-13-4-3-6-15(10-13)23-12-14-5-1-2-9-19-14/h1-10,20H,11-12H2. The third kappa shape index (κ3) is 5.02. The number of pyridine rings is 1. The van der Waals surface area contributed by atoms with Crippen LogP contribution in [0.25, 0.3) is 0 Å². The summed E-state index contributed by atoms with van der Waals surface area (Å²) in [6.07, 6.45) is 1.71. The number of sulfonamides is 1. The first-order chi connectivity index (χ1) is 12.0. The lowest BCUT2D eigenvalue weighted by Crippen LogP contribution is -2.22. The van der Waals surface area contributed by atoms with Crippen LogP contribution < -0.4 is 9.46 Å². The first kappa shape index (κ1) is 17.9. The van der Waals surface area contributed by atoms with Gasteiger partial charge in [-0.15, -0.1) is 11.3 Å². The number of benzene rings is 1. The van der Waals surface area contributed by atoms with Crippen LogP contribution >= 0.6 is 22.9 Å². The number of hydrogen-bond donors (Lipinski definition) is 1. The number of aromatic nitrogens is 1. The quantitative estimate of drug-likeness (QED) is 0.660. The molecule has 0 saturated carbocycles. The maximum atomic E-state index is 12.2. The van der Waals surface area contributed by atoms with Crippen molar-refractivity contribution in [1.29, 1.82) is 0 Å². The van der Waals surface area contributed by atoms with Crippen LogP contribution in [0.15, 0.2) is 65.0 Å². The summed E-state index contributed by atoms with van der Waals surface area (Å²) in [5, 5.41) is 0. The molecular weight excluding hydrogens is 380 g/mol. The molecule has 25 heavy (non-hydrogen) atoms. The number of nitrogens with one attached hydrogen (secondary N) is 1. The van der Waals surface area contributed by atoms with Crippen molar-refractivity contribution in [2.75, 3.05) is 0 Å². The van der Waals surface area contributed by atoms with E-state index in [1.807, 2.05) is 36.4 Å². The highest BCUT2D eigenvalue weighted by atomic mass is 35.5. The lowest BCUT2D eigenvalue weighted by molar-refractivity contribution is 0.301. The summed E-state index contributed by atoms with van der Waals surface area (Å²) < 4.78 is 33.3. The van der Waals surface area contributed by atoms with Gasteiger partial charge in [-0.2, -0.15) is 0 Å². The summed E-state index contributed by atoms with van der Waals surface area (Å²) in [7, 11) is -3.57. The smallest absolute Gasteiger partial charge is 0.250 e. The Balaban J connectivity index is 1.62. The molecule has 3 aromatic rings. The lowest BCUT2D eigenvalue weighted by Gasteiger charge is -2.09. The van der Waals surface area contributed by atoms with Crippen molar-refractivity contribution in [2.45, 2.75) is 17.4 Å². The van der Waals surface area contributed by atoms with E-state index in [4.69, 9.17) is 16.3 Å². The van der Waals surface area contributed by atoms with Gasteiger partial charge >= 0.3 is 0 Å². The lowest BCUT2D eigenvalue weighted by atomic mass is 10.2. The van der Waals surface area contributed by atoms with Crippen LogP contribution in [-0.4, -0.2) is 13.4 Å². The first-order valence-electron chi connectivity index (χ1n) is 7.39. The third-order valence-electron chi connectivity index (χ3n) is 3.29. The number of halogens is 1. The first-order valence-corrected chi connectivity index (χ1v) is 10.1. The highest BCUT2D eigenvalue weighted by Crippen LogP contribution is 2.25. The Morgan fingerprint density at radius 3 is 2.72 bits per heavy atom. The molecule has 2 aromatic heterocycles. The number of ether oxygens (including phenoxy) is 1. The van der Waals surface area contributed by atoms with E-state index >= 15 is 0 Å². The minimum Gasteiger partial charge on any atom is -0.487 e. The average Bonchev–Trinajstić information content (AvgIpc) is 3.07. The van der Waals surface area contributed by atoms with Gasteiger partial charge in [-0.3, -0.25) is 4.98 Å². The molecule has 2 heterocycles. The van der Waals surface area contributed by atoms with Crippen molar-refractivity contribution in [3.63, 3.8) is 0 Å². The summed E-state index contributed by atoms with van der Waals surface area (Å²) in [5.74, 6) is 0.654. The zero-order valence-corrected chi connectivity index (χ0v) is 15.4. The number of thiophene rings is 1. The Labute approximate surface area is 155 Å². The molecular formula is C17H15ClN2O3S2. The minimum atomic E-state index is -3.57. The van der Waals surface area contributed by atoms with Crippen LogP contribution in [-0.2, 0) is 23.2 Å². The van der Waals surface area contributed by atoms with Crippen molar-refractivity contribution in [3.05, 3.63) is 76.4 Å². The molecule has 0 radical (unpaired) electrons.